The molecule has 4 N–H and O–H groups in total. The van der Waals surface area contributed by atoms with E-state index in [0.29, 0.717) is 77.0 Å². The molecule has 16 aliphatic heterocycles. The number of aliphatic hydroxyl groups excluding tert-OH is 2. The normalized spacial score (nSPS) is 55.9. The maximum Gasteiger partial charge on any atom is 0.308 e. The lowest BCUT2D eigenvalue weighted by Gasteiger charge is -2.50. The molecular weight excluding hydrogens is 1070 g/mol. The molecule has 3 spiro atoms. The molecule has 0 saturated carbocycles. The van der Waals surface area contributed by atoms with Crippen molar-refractivity contribution >= 4 is 5.97 Å². The molecule has 16 heterocycles. The van der Waals surface area contributed by atoms with Crippen LogP contribution in [0, 0.1) is 23.7 Å². The number of nitrogens with two attached hydrogens (primary N) is 1. The number of hydrogen-bond donors (Lipinski definition) is 3. The molecule has 0 aromatic rings. The highest BCUT2D eigenvalue weighted by atomic mass is 16.8. The maximum atomic E-state index is 14.7. The van der Waals surface area contributed by atoms with Crippen molar-refractivity contribution in [3.8, 4) is 0 Å². The molecule has 16 fully saturated rings. The quantitative estimate of drug-likeness (QED) is 0.213. The summed E-state index contributed by atoms with van der Waals surface area (Å²) in [5.41, 5.74) is 7.78. The summed E-state index contributed by atoms with van der Waals surface area (Å²) >= 11 is 0. The van der Waals surface area contributed by atoms with E-state index in [1.807, 2.05) is 0 Å². The van der Waals surface area contributed by atoms with Gasteiger partial charge in [-0.05, 0) is 73.8 Å². The highest BCUT2D eigenvalue weighted by molar-refractivity contribution is 5.70. The van der Waals surface area contributed by atoms with Gasteiger partial charge in [0.15, 0.2) is 17.4 Å². The zero-order chi connectivity index (χ0) is 57.1. The summed E-state index contributed by atoms with van der Waals surface area (Å²) in [5, 5.41) is 21.2. The Hall–Kier alpha value is -2.03. The summed E-state index contributed by atoms with van der Waals surface area (Å²) in [7, 11) is 0. The number of esters is 1. The second-order valence-corrected chi connectivity index (χ2v) is 28.4. The van der Waals surface area contributed by atoms with Crippen LogP contribution >= 0.6 is 0 Å². The molecule has 16 rings (SSSR count). The predicted octanol–water partition coefficient (Wildman–Crippen LogP) is 5.42. The molecule has 12 bridgehead atoms. The monoisotopic (exact) mass is 1170 g/mol. The van der Waals surface area contributed by atoms with Gasteiger partial charge in [-0.25, -0.2) is 0 Å². The van der Waals surface area contributed by atoms with Gasteiger partial charge in [0.25, 0.3) is 0 Å². The maximum absolute atomic E-state index is 14.7. The molecule has 16 aliphatic rings. The minimum atomic E-state index is -1.06. The second kappa shape index (κ2) is 21.6. The zero-order valence-corrected chi connectivity index (χ0v) is 48.9. The zero-order valence-electron chi connectivity index (χ0n) is 48.9. The molecule has 0 aromatic heterocycles. The number of ether oxygens (including phenoxy) is 16. The van der Waals surface area contributed by atoms with E-state index in [0.717, 1.165) is 36.8 Å². The first kappa shape index (κ1) is 57.4. The third-order valence-electron chi connectivity index (χ3n) is 22.5. The Morgan fingerprint density at radius 3 is 2.14 bits per heavy atom. The highest BCUT2D eigenvalue weighted by Gasteiger charge is 2.76. The number of aliphatic hydroxyl groups is 2. The van der Waals surface area contributed by atoms with Crippen molar-refractivity contribution in [2.24, 2.45) is 29.4 Å². The van der Waals surface area contributed by atoms with Crippen LogP contribution in [0.5, 0.6) is 0 Å². The first-order valence-corrected chi connectivity index (χ1v) is 32.1. The van der Waals surface area contributed by atoms with Gasteiger partial charge in [0.1, 0.15) is 36.6 Å². The van der Waals surface area contributed by atoms with Crippen LogP contribution in [0.15, 0.2) is 37.0 Å². The lowest BCUT2D eigenvalue weighted by atomic mass is 9.79. The Morgan fingerprint density at radius 1 is 0.602 bits per heavy atom. The van der Waals surface area contributed by atoms with Crippen molar-refractivity contribution in [1.82, 2.24) is 0 Å². The molecule has 462 valence electrons. The van der Waals surface area contributed by atoms with E-state index < -0.39 is 96.4 Å². The van der Waals surface area contributed by atoms with E-state index >= 15 is 0 Å². The fourth-order valence-corrected chi connectivity index (χ4v) is 18.6. The average molecular weight is 1170 g/mol. The summed E-state index contributed by atoms with van der Waals surface area (Å²) in [6.45, 7) is 22.2. The van der Waals surface area contributed by atoms with Gasteiger partial charge in [0.05, 0.1) is 129 Å². The van der Waals surface area contributed by atoms with E-state index in [9.17, 15) is 15.0 Å². The van der Waals surface area contributed by atoms with Crippen LogP contribution in [-0.4, -0.2) is 199 Å². The van der Waals surface area contributed by atoms with Crippen LogP contribution in [0.25, 0.3) is 0 Å². The predicted molar refractivity (Wildman–Crippen MR) is 291 cm³/mol. The SMILES string of the molecule is C=CCO[C@@]12C[C@]34CC[C@H]5CC(=C)[C@H](CC[C@H]6C[C@@H](C)C(=C)[C@@H](C[C@@H]7O[C@H]8C[C@H]9O[C@@]%10(C[C@@H]%11O[C@]%12(C[C@H](C)[C@@H]%13O[C@H]([C@@H](O)C[C@@H](O)CN)C[C@@H]%13O%12)C[C@H](C)[C@@H]%11O%10)C[C@H]9O[C@H]8[C@H](C)[C@H]7OC(=O)C[C@H]7CC[C@@H]8O[C@H]([C@@H](O1)[C@@H](O3)[C@H]8O7)[C@H]2O4)O6)O5. The summed E-state index contributed by atoms with van der Waals surface area (Å²) in [6, 6.07) is 0. The molecular formula is C63H91NO19. The van der Waals surface area contributed by atoms with Gasteiger partial charge >= 0.3 is 5.97 Å². The minimum Gasteiger partial charge on any atom is -0.459 e. The van der Waals surface area contributed by atoms with Crippen molar-refractivity contribution in [2.75, 3.05) is 13.2 Å². The number of rotatable bonds is 7. The molecule has 83 heavy (non-hydrogen) atoms. The van der Waals surface area contributed by atoms with E-state index in [1.165, 1.54) is 0 Å². The van der Waals surface area contributed by atoms with Crippen LogP contribution in [0.1, 0.15) is 143 Å². The van der Waals surface area contributed by atoms with Crippen LogP contribution in [0.2, 0.25) is 0 Å². The van der Waals surface area contributed by atoms with E-state index in [-0.39, 0.29) is 129 Å². The minimum absolute atomic E-state index is 0.0353. The first-order valence-electron chi connectivity index (χ1n) is 32.1. The van der Waals surface area contributed by atoms with Crippen molar-refractivity contribution in [2.45, 2.75) is 313 Å². The van der Waals surface area contributed by atoms with Crippen LogP contribution < -0.4 is 5.73 Å². The largest absolute Gasteiger partial charge is 0.459 e. The topological polar surface area (TPSA) is 231 Å². The second-order valence-electron chi connectivity index (χ2n) is 28.4. The van der Waals surface area contributed by atoms with Gasteiger partial charge in [-0.15, -0.1) is 6.58 Å². The Morgan fingerprint density at radius 2 is 1.31 bits per heavy atom. The van der Waals surface area contributed by atoms with Crippen LogP contribution in [0.3, 0.4) is 0 Å². The number of fused-ring (bicyclic) bond motifs is 10. The summed E-state index contributed by atoms with van der Waals surface area (Å²) in [5.74, 6) is -4.05. The Kier molecular flexibility index (Phi) is 14.9. The molecule has 20 heteroatoms. The van der Waals surface area contributed by atoms with Crippen LogP contribution in [-0.2, 0) is 80.6 Å². The summed E-state index contributed by atoms with van der Waals surface area (Å²) in [6.07, 6.45) is 2.63. The summed E-state index contributed by atoms with van der Waals surface area (Å²) in [4.78, 5) is 14.7. The molecule has 0 amide bonds. The van der Waals surface area contributed by atoms with Gasteiger partial charge < -0.3 is 91.7 Å². The van der Waals surface area contributed by atoms with Crippen molar-refractivity contribution < 1.29 is 90.8 Å². The van der Waals surface area contributed by atoms with E-state index in [1.54, 1.807) is 6.08 Å². The average Bonchev–Trinajstić information content (AvgIpc) is 4.29. The van der Waals surface area contributed by atoms with Crippen molar-refractivity contribution in [3.63, 3.8) is 0 Å². The Balaban J connectivity index is 0.660. The van der Waals surface area contributed by atoms with Gasteiger partial charge in [-0.1, -0.05) is 46.9 Å². The number of carbonyl (C=O) groups is 1. The third-order valence-corrected chi connectivity index (χ3v) is 22.5. The van der Waals surface area contributed by atoms with Crippen molar-refractivity contribution in [1.29, 1.82) is 0 Å². The molecule has 0 aromatic carbocycles. The van der Waals surface area contributed by atoms with Gasteiger partial charge in [-0.3, -0.25) is 4.79 Å². The smallest absolute Gasteiger partial charge is 0.308 e. The fourth-order valence-electron chi connectivity index (χ4n) is 18.6. The molecule has 20 nitrogen and oxygen atoms in total. The molecule has 32 atom stereocenters. The third kappa shape index (κ3) is 10.0. The Labute approximate surface area is 487 Å². The van der Waals surface area contributed by atoms with Gasteiger partial charge in [-0.2, -0.15) is 0 Å². The molecule has 0 radical (unpaired) electrons. The highest BCUT2D eigenvalue weighted by Crippen LogP contribution is 2.60. The first-order chi connectivity index (χ1) is 39.9. The van der Waals surface area contributed by atoms with Gasteiger partial charge in [0.2, 0.25) is 5.79 Å². The Bertz CT molecular complexity index is 2490. The number of carbonyl (C=O) groups excluding carboxylic acids is 1. The number of hydrogen-bond acceptors (Lipinski definition) is 20. The molecule has 16 saturated heterocycles. The van der Waals surface area contributed by atoms with E-state index in [4.69, 9.17) is 81.5 Å². The van der Waals surface area contributed by atoms with E-state index in [2.05, 4.69) is 47.4 Å². The van der Waals surface area contributed by atoms with Gasteiger partial charge in [0, 0.05) is 70.3 Å². The lowest BCUT2D eigenvalue weighted by molar-refractivity contribution is -0.347. The van der Waals surface area contributed by atoms with Crippen LogP contribution in [0.4, 0.5) is 0 Å². The lowest BCUT2D eigenvalue weighted by Crippen LogP contribution is -2.62. The molecule has 0 aliphatic carbocycles. The standard InChI is InChI=1S/C63H91NO19/c1-8-15-68-63-28-60-14-13-38-17-30(3)40(69-38)11-9-36-16-29(2)33(6)42(70-36)20-45-54(76-50(67)19-37-10-12-41-55(71-37)56(81-60)57(82-63)58(73-41)59(63)83-60)34(7)53-46(72-45)22-44-48(75-53)25-62(77-44)26-49-52(80-62)32(5)24-61(79-49)23-31(4)51-47(78-61)21-43(74-51)39(66)18-35(65)27-64/h8,29,31-32,34-49,51-59,65-66H,1,3,6,9-28,64H2,2,4-5,7H3/t29-,31+,32+,34+,35-,36+,37-,38+,39+,40+,41+,42-,43+,44-,45+,46+,47+,48-,49+,51+,52+,53+,54-,55+,56+,57+,58-,59-,60-,61-,62+,63+/m1/s1. The summed E-state index contributed by atoms with van der Waals surface area (Å²) < 4.78 is 111. The molecule has 0 unspecified atom stereocenters. The van der Waals surface area contributed by atoms with Crippen molar-refractivity contribution in [3.05, 3.63) is 37.0 Å². The fraction of sp³-hybridized carbons (Fsp3) is 0.889.